The zero-order valence-corrected chi connectivity index (χ0v) is 19.6. The fraction of sp³-hybridized carbons (Fsp3) is 0.400. The Labute approximate surface area is 180 Å². The SMILES string of the molecule is COc1ccc(CCCN(C)S(=O)(=O)c2cc(OC)c(OC)cc2Br)cc1OC. The summed E-state index contributed by atoms with van der Waals surface area (Å²) in [4.78, 5) is 0.128. The van der Waals surface area contributed by atoms with Crippen LogP contribution in [0.15, 0.2) is 39.7 Å². The van der Waals surface area contributed by atoms with Crippen LogP contribution < -0.4 is 18.9 Å². The van der Waals surface area contributed by atoms with Gasteiger partial charge >= 0.3 is 0 Å². The average molecular weight is 488 g/mol. The van der Waals surface area contributed by atoms with E-state index in [2.05, 4.69) is 15.9 Å². The first-order valence-corrected chi connectivity index (χ1v) is 11.1. The van der Waals surface area contributed by atoms with Gasteiger partial charge in [-0.3, -0.25) is 0 Å². The summed E-state index contributed by atoms with van der Waals surface area (Å²) < 4.78 is 48.8. The van der Waals surface area contributed by atoms with Crippen LogP contribution in [0.25, 0.3) is 0 Å². The second-order valence-corrected chi connectivity index (χ2v) is 9.12. The maximum absolute atomic E-state index is 13.0. The van der Waals surface area contributed by atoms with Gasteiger partial charge in [-0.15, -0.1) is 0 Å². The molecule has 160 valence electrons. The van der Waals surface area contributed by atoms with Crippen molar-refractivity contribution in [3.05, 3.63) is 40.4 Å². The fourth-order valence-electron chi connectivity index (χ4n) is 2.86. The van der Waals surface area contributed by atoms with Crippen LogP contribution in [0.2, 0.25) is 0 Å². The predicted octanol–water partition coefficient (Wildman–Crippen LogP) is 3.74. The average Bonchev–Trinajstić information content (AvgIpc) is 2.72. The van der Waals surface area contributed by atoms with Crippen LogP contribution >= 0.6 is 15.9 Å². The van der Waals surface area contributed by atoms with E-state index in [0.29, 0.717) is 46.9 Å². The third-order valence-corrected chi connectivity index (χ3v) is 7.33. The number of benzene rings is 2. The first-order chi connectivity index (χ1) is 13.8. The van der Waals surface area contributed by atoms with Crippen LogP contribution in [-0.4, -0.2) is 54.8 Å². The molecule has 0 aromatic heterocycles. The summed E-state index contributed by atoms with van der Waals surface area (Å²) in [5.74, 6) is 2.12. The van der Waals surface area contributed by atoms with Gasteiger partial charge in [0.2, 0.25) is 10.0 Å². The van der Waals surface area contributed by atoms with E-state index in [0.717, 1.165) is 5.56 Å². The minimum absolute atomic E-state index is 0.128. The molecule has 0 aliphatic rings. The summed E-state index contributed by atoms with van der Waals surface area (Å²) in [7, 11) is 4.00. The molecule has 0 bridgehead atoms. The summed E-state index contributed by atoms with van der Waals surface area (Å²) in [5, 5.41) is 0. The summed E-state index contributed by atoms with van der Waals surface area (Å²) in [6, 6.07) is 8.74. The summed E-state index contributed by atoms with van der Waals surface area (Å²) in [6.45, 7) is 0.359. The Morgan fingerprint density at radius 2 is 1.41 bits per heavy atom. The molecule has 9 heteroatoms. The Morgan fingerprint density at radius 1 is 0.862 bits per heavy atom. The molecule has 2 rings (SSSR count). The molecule has 0 amide bonds. The first kappa shape index (κ1) is 23.3. The highest BCUT2D eigenvalue weighted by molar-refractivity contribution is 9.10. The maximum Gasteiger partial charge on any atom is 0.244 e. The van der Waals surface area contributed by atoms with Gasteiger partial charge in [0, 0.05) is 24.1 Å². The largest absolute Gasteiger partial charge is 0.493 e. The summed E-state index contributed by atoms with van der Waals surface area (Å²) in [6.07, 6.45) is 1.35. The molecule has 0 atom stereocenters. The van der Waals surface area contributed by atoms with Crippen LogP contribution in [0.5, 0.6) is 23.0 Å². The van der Waals surface area contributed by atoms with Gasteiger partial charge < -0.3 is 18.9 Å². The van der Waals surface area contributed by atoms with Gasteiger partial charge in [0.15, 0.2) is 23.0 Å². The highest BCUT2D eigenvalue weighted by atomic mass is 79.9. The van der Waals surface area contributed by atoms with Crippen molar-refractivity contribution in [1.82, 2.24) is 4.31 Å². The minimum Gasteiger partial charge on any atom is -0.493 e. The Balaban J connectivity index is 2.11. The van der Waals surface area contributed by atoms with Crippen molar-refractivity contribution in [3.8, 4) is 23.0 Å². The van der Waals surface area contributed by atoms with Crippen molar-refractivity contribution < 1.29 is 27.4 Å². The van der Waals surface area contributed by atoms with Crippen molar-refractivity contribution in [2.75, 3.05) is 42.0 Å². The van der Waals surface area contributed by atoms with Gasteiger partial charge in [-0.2, -0.15) is 0 Å². The van der Waals surface area contributed by atoms with E-state index in [1.807, 2.05) is 18.2 Å². The Hall–Kier alpha value is -1.97. The van der Waals surface area contributed by atoms with Gasteiger partial charge in [-0.05, 0) is 52.5 Å². The lowest BCUT2D eigenvalue weighted by molar-refractivity contribution is 0.353. The van der Waals surface area contributed by atoms with Gasteiger partial charge in [-0.25, -0.2) is 12.7 Å². The minimum atomic E-state index is -3.70. The van der Waals surface area contributed by atoms with Gasteiger partial charge in [0.25, 0.3) is 0 Å². The number of aryl methyl sites for hydroxylation is 1. The van der Waals surface area contributed by atoms with E-state index < -0.39 is 10.0 Å². The fourth-order valence-corrected chi connectivity index (χ4v) is 5.07. The van der Waals surface area contributed by atoms with Gasteiger partial charge in [-0.1, -0.05) is 6.07 Å². The molecule has 2 aromatic carbocycles. The number of halogens is 1. The highest BCUT2D eigenvalue weighted by Crippen LogP contribution is 2.36. The number of rotatable bonds is 10. The van der Waals surface area contributed by atoms with Crippen LogP contribution in [0.3, 0.4) is 0 Å². The molecule has 0 saturated carbocycles. The number of methoxy groups -OCH3 is 4. The Kier molecular flexibility index (Phi) is 8.18. The molecule has 29 heavy (non-hydrogen) atoms. The number of hydrogen-bond acceptors (Lipinski definition) is 6. The highest BCUT2D eigenvalue weighted by Gasteiger charge is 2.25. The third kappa shape index (κ3) is 5.34. The van der Waals surface area contributed by atoms with Crippen LogP contribution in [0, 0.1) is 0 Å². The molecule has 0 radical (unpaired) electrons. The molecule has 0 unspecified atom stereocenters. The van der Waals surface area contributed by atoms with Gasteiger partial charge in [0.05, 0.1) is 28.4 Å². The molecular formula is C20H26BrNO6S. The third-order valence-electron chi connectivity index (χ3n) is 4.51. The Morgan fingerprint density at radius 3 is 2.00 bits per heavy atom. The van der Waals surface area contributed by atoms with Crippen LogP contribution in [0.4, 0.5) is 0 Å². The number of sulfonamides is 1. The molecule has 0 aliphatic heterocycles. The van der Waals surface area contributed by atoms with Crippen LogP contribution in [0.1, 0.15) is 12.0 Å². The number of hydrogen-bond donors (Lipinski definition) is 0. The molecular weight excluding hydrogens is 462 g/mol. The zero-order chi connectivity index (χ0) is 21.6. The lowest BCUT2D eigenvalue weighted by atomic mass is 10.1. The topological polar surface area (TPSA) is 74.3 Å². The van der Waals surface area contributed by atoms with E-state index in [-0.39, 0.29) is 4.90 Å². The van der Waals surface area contributed by atoms with E-state index in [1.165, 1.54) is 24.6 Å². The van der Waals surface area contributed by atoms with Crippen LogP contribution in [-0.2, 0) is 16.4 Å². The van der Waals surface area contributed by atoms with E-state index in [1.54, 1.807) is 27.3 Å². The normalized spacial score (nSPS) is 11.4. The Bertz CT molecular complexity index is 948. The summed E-state index contributed by atoms with van der Waals surface area (Å²) >= 11 is 3.32. The maximum atomic E-state index is 13.0. The molecule has 0 heterocycles. The van der Waals surface area contributed by atoms with Gasteiger partial charge in [0.1, 0.15) is 4.90 Å². The molecule has 0 N–H and O–H groups in total. The van der Waals surface area contributed by atoms with E-state index >= 15 is 0 Å². The molecule has 0 spiro atoms. The van der Waals surface area contributed by atoms with Crippen molar-refractivity contribution >= 4 is 26.0 Å². The zero-order valence-electron chi connectivity index (χ0n) is 17.2. The lowest BCUT2D eigenvalue weighted by Crippen LogP contribution is -2.28. The van der Waals surface area contributed by atoms with Crippen molar-refractivity contribution in [3.63, 3.8) is 0 Å². The summed E-state index contributed by atoms with van der Waals surface area (Å²) in [5.41, 5.74) is 1.04. The van der Waals surface area contributed by atoms with Crippen molar-refractivity contribution in [2.45, 2.75) is 17.7 Å². The monoisotopic (exact) mass is 487 g/mol. The quantitative estimate of drug-likeness (QED) is 0.508. The number of nitrogens with zero attached hydrogens (tertiary/aromatic N) is 1. The smallest absolute Gasteiger partial charge is 0.244 e. The van der Waals surface area contributed by atoms with E-state index in [9.17, 15) is 8.42 Å². The second kappa shape index (κ2) is 10.2. The number of ether oxygens (including phenoxy) is 4. The molecule has 0 aliphatic carbocycles. The molecule has 0 fully saturated rings. The van der Waals surface area contributed by atoms with Crippen molar-refractivity contribution in [1.29, 1.82) is 0 Å². The standard InChI is InChI=1S/C20H26BrNO6S/c1-22(10-6-7-14-8-9-16(25-2)17(11-14)26-3)29(23,24)20-13-19(28-5)18(27-4)12-15(20)21/h8-9,11-13H,6-7,10H2,1-5H3. The predicted molar refractivity (Wildman–Crippen MR) is 115 cm³/mol. The molecule has 7 nitrogen and oxygen atoms in total. The lowest BCUT2D eigenvalue weighted by Gasteiger charge is -2.19. The van der Waals surface area contributed by atoms with E-state index in [4.69, 9.17) is 18.9 Å². The molecule has 0 saturated heterocycles. The molecule has 2 aromatic rings. The first-order valence-electron chi connectivity index (χ1n) is 8.87. The second-order valence-electron chi connectivity index (χ2n) is 6.26. The van der Waals surface area contributed by atoms with Crippen molar-refractivity contribution in [2.24, 2.45) is 0 Å².